The quantitative estimate of drug-likeness (QED) is 0.739. The second kappa shape index (κ2) is 5.45. The topological polar surface area (TPSA) is 75.4 Å². The van der Waals surface area contributed by atoms with Gasteiger partial charge in [0, 0.05) is 6.54 Å². The maximum absolute atomic E-state index is 10.3. The maximum atomic E-state index is 10.3. The Labute approximate surface area is 98.5 Å². The van der Waals surface area contributed by atoms with Gasteiger partial charge in [-0.05, 0) is 30.7 Å². The van der Waals surface area contributed by atoms with E-state index in [2.05, 4.69) is 10.3 Å². The molecule has 0 aliphatic carbocycles. The number of benzene rings is 1. The summed E-state index contributed by atoms with van der Waals surface area (Å²) in [7, 11) is 0. The van der Waals surface area contributed by atoms with E-state index in [-0.39, 0.29) is 6.42 Å². The average Bonchev–Trinajstić information content (AvgIpc) is 2.75. The first kappa shape index (κ1) is 11.6. The van der Waals surface area contributed by atoms with Gasteiger partial charge in [-0.2, -0.15) is 0 Å². The van der Waals surface area contributed by atoms with Gasteiger partial charge in [-0.1, -0.05) is 6.07 Å². The van der Waals surface area contributed by atoms with Crippen LogP contribution in [0.15, 0.2) is 29.0 Å². The number of aliphatic carboxylic acids is 1. The van der Waals surface area contributed by atoms with Crippen molar-refractivity contribution in [2.75, 3.05) is 13.1 Å². The van der Waals surface area contributed by atoms with Crippen LogP contribution in [0.3, 0.4) is 0 Å². The molecule has 0 saturated carbocycles. The van der Waals surface area contributed by atoms with Crippen LogP contribution in [0, 0.1) is 0 Å². The third kappa shape index (κ3) is 3.29. The van der Waals surface area contributed by atoms with Crippen molar-refractivity contribution < 1.29 is 14.3 Å². The van der Waals surface area contributed by atoms with E-state index in [9.17, 15) is 4.79 Å². The van der Waals surface area contributed by atoms with Crippen molar-refractivity contribution >= 4 is 17.1 Å². The maximum Gasteiger partial charge on any atom is 0.304 e. The molecule has 0 aliphatic rings. The minimum Gasteiger partial charge on any atom is -0.481 e. The fourth-order valence-electron chi connectivity index (χ4n) is 1.61. The van der Waals surface area contributed by atoms with E-state index in [1.807, 2.05) is 18.2 Å². The lowest BCUT2D eigenvalue weighted by Crippen LogP contribution is -2.20. The molecule has 0 radical (unpaired) electrons. The van der Waals surface area contributed by atoms with E-state index in [1.165, 1.54) is 6.39 Å². The number of aromatic nitrogens is 1. The zero-order valence-corrected chi connectivity index (χ0v) is 9.35. The third-order valence-corrected chi connectivity index (χ3v) is 2.50. The largest absolute Gasteiger partial charge is 0.481 e. The molecule has 0 fully saturated rings. The van der Waals surface area contributed by atoms with Crippen molar-refractivity contribution in [1.29, 1.82) is 0 Å². The van der Waals surface area contributed by atoms with Crippen LogP contribution in [0.25, 0.3) is 11.1 Å². The highest BCUT2D eigenvalue weighted by Gasteiger charge is 2.00. The first-order valence-electron chi connectivity index (χ1n) is 5.50. The summed E-state index contributed by atoms with van der Waals surface area (Å²) in [5.41, 5.74) is 2.79. The van der Waals surface area contributed by atoms with Crippen LogP contribution in [0.2, 0.25) is 0 Å². The SMILES string of the molecule is O=C(O)CCNCCc1ccc2ncoc2c1. The predicted molar refractivity (Wildman–Crippen MR) is 62.8 cm³/mol. The van der Waals surface area contributed by atoms with Crippen molar-refractivity contribution in [3.05, 3.63) is 30.2 Å². The molecule has 0 bridgehead atoms. The Hall–Kier alpha value is -1.88. The van der Waals surface area contributed by atoms with Crippen molar-refractivity contribution in [1.82, 2.24) is 10.3 Å². The van der Waals surface area contributed by atoms with Crippen molar-refractivity contribution in [2.24, 2.45) is 0 Å². The van der Waals surface area contributed by atoms with Crippen LogP contribution in [0.4, 0.5) is 0 Å². The molecular weight excluding hydrogens is 220 g/mol. The van der Waals surface area contributed by atoms with Crippen LogP contribution >= 0.6 is 0 Å². The Morgan fingerprint density at radius 2 is 2.29 bits per heavy atom. The summed E-state index contributed by atoms with van der Waals surface area (Å²) in [5, 5.41) is 11.5. The third-order valence-electron chi connectivity index (χ3n) is 2.50. The van der Waals surface area contributed by atoms with Gasteiger partial charge in [0.1, 0.15) is 5.52 Å². The summed E-state index contributed by atoms with van der Waals surface area (Å²) in [6.07, 6.45) is 2.43. The number of fused-ring (bicyclic) bond motifs is 1. The number of carboxylic acids is 1. The molecule has 17 heavy (non-hydrogen) atoms. The number of hydrogen-bond donors (Lipinski definition) is 2. The van der Waals surface area contributed by atoms with E-state index < -0.39 is 5.97 Å². The second-order valence-corrected chi connectivity index (χ2v) is 3.80. The lowest BCUT2D eigenvalue weighted by molar-refractivity contribution is -0.136. The van der Waals surface area contributed by atoms with Crippen molar-refractivity contribution in [2.45, 2.75) is 12.8 Å². The highest BCUT2D eigenvalue weighted by Crippen LogP contribution is 2.14. The van der Waals surface area contributed by atoms with Gasteiger partial charge in [0.2, 0.25) is 0 Å². The fourth-order valence-corrected chi connectivity index (χ4v) is 1.61. The average molecular weight is 234 g/mol. The van der Waals surface area contributed by atoms with Gasteiger partial charge in [0.15, 0.2) is 12.0 Å². The normalized spacial score (nSPS) is 10.8. The van der Waals surface area contributed by atoms with E-state index in [1.54, 1.807) is 0 Å². The molecule has 2 N–H and O–H groups in total. The molecule has 1 aromatic carbocycles. The summed E-state index contributed by atoms with van der Waals surface area (Å²) in [4.78, 5) is 14.3. The number of oxazole rings is 1. The van der Waals surface area contributed by atoms with Gasteiger partial charge in [-0.15, -0.1) is 0 Å². The van der Waals surface area contributed by atoms with Gasteiger partial charge in [0.25, 0.3) is 0 Å². The molecule has 1 heterocycles. The summed E-state index contributed by atoms with van der Waals surface area (Å²) in [6, 6.07) is 5.89. The molecule has 90 valence electrons. The van der Waals surface area contributed by atoms with Gasteiger partial charge >= 0.3 is 5.97 Å². The molecule has 0 spiro atoms. The minimum atomic E-state index is -0.777. The Bertz CT molecular complexity index is 507. The summed E-state index contributed by atoms with van der Waals surface area (Å²) >= 11 is 0. The highest BCUT2D eigenvalue weighted by atomic mass is 16.4. The molecule has 2 aromatic rings. The van der Waals surface area contributed by atoms with E-state index in [0.29, 0.717) is 6.54 Å². The van der Waals surface area contributed by atoms with Gasteiger partial charge in [0.05, 0.1) is 6.42 Å². The summed E-state index contributed by atoms with van der Waals surface area (Å²) in [6.45, 7) is 1.26. The number of nitrogens with zero attached hydrogens (tertiary/aromatic N) is 1. The molecule has 0 atom stereocenters. The van der Waals surface area contributed by atoms with Gasteiger partial charge in [-0.3, -0.25) is 4.79 Å². The predicted octanol–water partition coefficient (Wildman–Crippen LogP) is 1.43. The summed E-state index contributed by atoms with van der Waals surface area (Å²) in [5.74, 6) is -0.777. The lowest BCUT2D eigenvalue weighted by atomic mass is 10.1. The first-order chi connectivity index (χ1) is 8.25. The molecule has 0 unspecified atom stereocenters. The first-order valence-corrected chi connectivity index (χ1v) is 5.50. The molecule has 5 nitrogen and oxygen atoms in total. The second-order valence-electron chi connectivity index (χ2n) is 3.80. The monoisotopic (exact) mass is 234 g/mol. The number of hydrogen-bond acceptors (Lipinski definition) is 4. The Morgan fingerprint density at radius 3 is 3.12 bits per heavy atom. The van der Waals surface area contributed by atoms with E-state index in [0.717, 1.165) is 29.6 Å². The zero-order chi connectivity index (χ0) is 12.1. The number of carbonyl (C=O) groups is 1. The molecule has 0 saturated heterocycles. The smallest absolute Gasteiger partial charge is 0.304 e. The highest BCUT2D eigenvalue weighted by molar-refractivity contribution is 5.72. The van der Waals surface area contributed by atoms with Crippen LogP contribution in [0.5, 0.6) is 0 Å². The molecule has 0 amide bonds. The Balaban J connectivity index is 1.80. The summed E-state index contributed by atoms with van der Waals surface area (Å²) < 4.78 is 5.21. The molecule has 5 heteroatoms. The number of carboxylic acid groups (broad SMARTS) is 1. The van der Waals surface area contributed by atoms with Crippen LogP contribution in [-0.2, 0) is 11.2 Å². The zero-order valence-electron chi connectivity index (χ0n) is 9.35. The van der Waals surface area contributed by atoms with Crippen molar-refractivity contribution in [3.63, 3.8) is 0 Å². The standard InChI is InChI=1S/C12H14N2O3/c15-12(16)4-6-13-5-3-9-1-2-10-11(7-9)17-8-14-10/h1-2,7-8,13H,3-6H2,(H,15,16). The minimum absolute atomic E-state index is 0.154. The lowest BCUT2D eigenvalue weighted by Gasteiger charge is -2.03. The molecule has 2 rings (SSSR count). The van der Waals surface area contributed by atoms with Gasteiger partial charge in [-0.25, -0.2) is 4.98 Å². The van der Waals surface area contributed by atoms with Crippen LogP contribution < -0.4 is 5.32 Å². The van der Waals surface area contributed by atoms with Crippen LogP contribution in [-0.4, -0.2) is 29.1 Å². The Kier molecular flexibility index (Phi) is 3.72. The molecule has 0 aliphatic heterocycles. The number of nitrogens with one attached hydrogen (secondary N) is 1. The van der Waals surface area contributed by atoms with Crippen molar-refractivity contribution in [3.8, 4) is 0 Å². The molecular formula is C12H14N2O3. The Morgan fingerprint density at radius 1 is 1.41 bits per heavy atom. The van der Waals surface area contributed by atoms with E-state index >= 15 is 0 Å². The molecule has 1 aromatic heterocycles. The van der Waals surface area contributed by atoms with E-state index in [4.69, 9.17) is 9.52 Å². The van der Waals surface area contributed by atoms with Crippen LogP contribution in [0.1, 0.15) is 12.0 Å². The van der Waals surface area contributed by atoms with Gasteiger partial charge < -0.3 is 14.8 Å². The number of rotatable bonds is 6. The fraction of sp³-hybridized carbons (Fsp3) is 0.333.